The van der Waals surface area contributed by atoms with Crippen molar-refractivity contribution in [3.05, 3.63) is 63.0 Å². The molecule has 2 heterocycles. The Kier molecular flexibility index (Phi) is 5.01. The number of carbonyl (C=O) groups excluding carboxylic acids is 1. The number of thiazole rings is 1. The molecule has 7 heteroatoms. The van der Waals surface area contributed by atoms with Gasteiger partial charge in [0.15, 0.2) is 10.9 Å². The number of benzene rings is 1. The van der Waals surface area contributed by atoms with Crippen LogP contribution in [0.15, 0.2) is 44.7 Å². The molecule has 0 aliphatic heterocycles. The molecule has 0 unspecified atom stereocenters. The fourth-order valence-electron chi connectivity index (χ4n) is 2.01. The predicted molar refractivity (Wildman–Crippen MR) is 96.7 cm³/mol. The molecule has 0 aliphatic carbocycles. The molecular weight excluding hydrogens is 392 g/mol. The Labute approximate surface area is 151 Å². The first-order valence-corrected chi connectivity index (χ1v) is 8.83. The minimum atomic E-state index is -0.339. The van der Waals surface area contributed by atoms with Crippen LogP contribution in [0, 0.1) is 13.8 Å². The van der Waals surface area contributed by atoms with E-state index in [1.807, 2.05) is 25.1 Å². The van der Waals surface area contributed by atoms with E-state index in [1.54, 1.807) is 18.3 Å². The van der Waals surface area contributed by atoms with Crippen molar-refractivity contribution in [2.24, 2.45) is 0 Å². The van der Waals surface area contributed by atoms with Crippen LogP contribution in [0.4, 0.5) is 5.13 Å². The minimum Gasteiger partial charge on any atom is -0.486 e. The van der Waals surface area contributed by atoms with Crippen molar-refractivity contribution >= 4 is 38.3 Å². The number of ether oxygens (including phenoxy) is 1. The quantitative estimate of drug-likeness (QED) is 0.650. The van der Waals surface area contributed by atoms with Crippen molar-refractivity contribution < 1.29 is 13.9 Å². The summed E-state index contributed by atoms with van der Waals surface area (Å²) in [6, 6.07) is 9.26. The third kappa shape index (κ3) is 4.04. The van der Waals surface area contributed by atoms with Crippen LogP contribution in [0.3, 0.4) is 0 Å². The first-order chi connectivity index (χ1) is 11.5. The van der Waals surface area contributed by atoms with Gasteiger partial charge in [0.1, 0.15) is 18.1 Å². The lowest BCUT2D eigenvalue weighted by Gasteiger charge is -2.06. The Bertz CT molecular complexity index is 872. The molecule has 2 aromatic heterocycles. The fraction of sp³-hybridized carbons (Fsp3) is 0.176. The average molecular weight is 407 g/mol. The molecule has 0 spiro atoms. The molecule has 0 saturated heterocycles. The van der Waals surface area contributed by atoms with Crippen LogP contribution in [0.25, 0.3) is 0 Å². The molecule has 5 nitrogen and oxygen atoms in total. The Hall–Kier alpha value is -2.12. The summed E-state index contributed by atoms with van der Waals surface area (Å²) in [6.07, 6.45) is 1.63. The lowest BCUT2D eigenvalue weighted by atomic mass is 10.1. The monoisotopic (exact) mass is 406 g/mol. The highest BCUT2D eigenvalue weighted by atomic mass is 79.9. The largest absolute Gasteiger partial charge is 0.486 e. The van der Waals surface area contributed by atoms with Gasteiger partial charge in [-0.1, -0.05) is 17.4 Å². The van der Waals surface area contributed by atoms with Gasteiger partial charge in [-0.05, 0) is 65.2 Å². The number of anilines is 1. The van der Waals surface area contributed by atoms with Gasteiger partial charge in [0, 0.05) is 0 Å². The van der Waals surface area contributed by atoms with Crippen LogP contribution in [-0.2, 0) is 6.61 Å². The molecule has 0 aliphatic rings. The number of nitrogens with one attached hydrogen (secondary N) is 1. The van der Waals surface area contributed by atoms with Crippen molar-refractivity contribution in [3.63, 3.8) is 0 Å². The van der Waals surface area contributed by atoms with Crippen LogP contribution in [0.2, 0.25) is 0 Å². The predicted octanol–water partition coefficient (Wildman–Crippen LogP) is 4.95. The Morgan fingerprint density at radius 1 is 1.29 bits per heavy atom. The molecule has 124 valence electrons. The SMILES string of the molecule is Cc1ccc(OCc2ccc(C(=O)Nc3ncc(Br)s3)o2)cc1C. The van der Waals surface area contributed by atoms with Gasteiger partial charge in [0.05, 0.1) is 9.98 Å². The molecule has 3 aromatic rings. The molecule has 0 fully saturated rings. The second-order valence-corrected chi connectivity index (χ2v) is 7.63. The van der Waals surface area contributed by atoms with E-state index in [1.165, 1.54) is 22.5 Å². The number of hydrogen-bond donors (Lipinski definition) is 1. The maximum atomic E-state index is 12.1. The molecule has 0 radical (unpaired) electrons. The number of aromatic nitrogens is 1. The zero-order valence-electron chi connectivity index (χ0n) is 13.1. The zero-order chi connectivity index (χ0) is 17.1. The van der Waals surface area contributed by atoms with E-state index in [0.29, 0.717) is 10.9 Å². The number of halogens is 1. The Morgan fingerprint density at radius 3 is 2.83 bits per heavy atom. The van der Waals surface area contributed by atoms with Crippen molar-refractivity contribution in [3.8, 4) is 5.75 Å². The van der Waals surface area contributed by atoms with Gasteiger partial charge in [-0.25, -0.2) is 4.98 Å². The van der Waals surface area contributed by atoms with E-state index in [-0.39, 0.29) is 18.3 Å². The summed E-state index contributed by atoms with van der Waals surface area (Å²) in [7, 11) is 0. The third-order valence-corrected chi connectivity index (χ3v) is 4.83. The second kappa shape index (κ2) is 7.19. The normalized spacial score (nSPS) is 10.6. The maximum absolute atomic E-state index is 12.1. The smallest absolute Gasteiger partial charge is 0.293 e. The number of nitrogens with zero attached hydrogens (tertiary/aromatic N) is 1. The van der Waals surface area contributed by atoms with E-state index in [0.717, 1.165) is 9.54 Å². The topological polar surface area (TPSA) is 64.4 Å². The van der Waals surface area contributed by atoms with E-state index < -0.39 is 0 Å². The summed E-state index contributed by atoms with van der Waals surface area (Å²) in [6.45, 7) is 4.35. The van der Waals surface area contributed by atoms with Crippen molar-refractivity contribution in [1.29, 1.82) is 0 Å². The van der Waals surface area contributed by atoms with Crippen LogP contribution >= 0.6 is 27.3 Å². The van der Waals surface area contributed by atoms with Crippen molar-refractivity contribution in [1.82, 2.24) is 4.98 Å². The van der Waals surface area contributed by atoms with E-state index >= 15 is 0 Å². The van der Waals surface area contributed by atoms with E-state index in [9.17, 15) is 4.79 Å². The highest BCUT2D eigenvalue weighted by Crippen LogP contribution is 2.24. The highest BCUT2D eigenvalue weighted by Gasteiger charge is 2.13. The number of carbonyl (C=O) groups is 1. The van der Waals surface area contributed by atoms with Gasteiger partial charge in [0.2, 0.25) is 0 Å². The minimum absolute atomic E-state index is 0.222. The maximum Gasteiger partial charge on any atom is 0.293 e. The van der Waals surface area contributed by atoms with Gasteiger partial charge in [-0.3, -0.25) is 10.1 Å². The van der Waals surface area contributed by atoms with Crippen molar-refractivity contribution in [2.75, 3.05) is 5.32 Å². The number of hydrogen-bond acceptors (Lipinski definition) is 5. The summed E-state index contributed by atoms with van der Waals surface area (Å²) in [5.41, 5.74) is 2.38. The van der Waals surface area contributed by atoms with Gasteiger partial charge < -0.3 is 9.15 Å². The van der Waals surface area contributed by atoms with Gasteiger partial charge in [0.25, 0.3) is 5.91 Å². The van der Waals surface area contributed by atoms with Gasteiger partial charge >= 0.3 is 0 Å². The summed E-state index contributed by atoms with van der Waals surface area (Å²) >= 11 is 4.63. The first kappa shape index (κ1) is 16.7. The molecule has 1 amide bonds. The van der Waals surface area contributed by atoms with Gasteiger partial charge in [-0.15, -0.1) is 0 Å². The number of rotatable bonds is 5. The first-order valence-electron chi connectivity index (χ1n) is 7.23. The molecule has 3 rings (SSSR count). The van der Waals surface area contributed by atoms with Crippen molar-refractivity contribution in [2.45, 2.75) is 20.5 Å². The molecule has 1 N–H and O–H groups in total. The summed E-state index contributed by atoms with van der Waals surface area (Å²) in [5, 5.41) is 3.19. The van der Waals surface area contributed by atoms with Crippen LogP contribution in [-0.4, -0.2) is 10.9 Å². The zero-order valence-corrected chi connectivity index (χ0v) is 15.5. The summed E-state index contributed by atoms with van der Waals surface area (Å²) in [4.78, 5) is 16.2. The van der Waals surface area contributed by atoms with Crippen LogP contribution in [0.5, 0.6) is 5.75 Å². The third-order valence-electron chi connectivity index (χ3n) is 3.44. The molecule has 0 saturated carbocycles. The molecule has 1 aromatic carbocycles. The number of amides is 1. The number of furan rings is 1. The molecule has 0 bridgehead atoms. The lowest BCUT2D eigenvalue weighted by Crippen LogP contribution is -2.10. The van der Waals surface area contributed by atoms with E-state index in [4.69, 9.17) is 9.15 Å². The second-order valence-electron chi connectivity index (χ2n) is 5.22. The average Bonchev–Trinajstić information content (AvgIpc) is 3.18. The lowest BCUT2D eigenvalue weighted by molar-refractivity contribution is 0.0992. The Balaban J connectivity index is 1.60. The molecule has 0 atom stereocenters. The summed E-state index contributed by atoms with van der Waals surface area (Å²) in [5.74, 6) is 1.24. The van der Waals surface area contributed by atoms with E-state index in [2.05, 4.69) is 33.2 Å². The van der Waals surface area contributed by atoms with Crippen LogP contribution in [0.1, 0.15) is 27.4 Å². The highest BCUT2D eigenvalue weighted by molar-refractivity contribution is 9.11. The molecule has 24 heavy (non-hydrogen) atoms. The standard InChI is InChI=1S/C17H15BrN2O3S/c1-10-3-4-12(7-11(10)2)22-9-13-5-6-14(23-13)16(21)20-17-19-8-15(18)24-17/h3-8H,9H2,1-2H3,(H,19,20,21). The summed E-state index contributed by atoms with van der Waals surface area (Å²) < 4.78 is 12.1. The van der Waals surface area contributed by atoms with Gasteiger partial charge in [-0.2, -0.15) is 0 Å². The molecular formula is C17H15BrN2O3S. The number of aryl methyl sites for hydroxylation is 2. The van der Waals surface area contributed by atoms with Crippen LogP contribution < -0.4 is 10.1 Å². The fourth-order valence-corrected chi connectivity index (χ4v) is 3.11. The Morgan fingerprint density at radius 2 is 2.12 bits per heavy atom.